The van der Waals surface area contributed by atoms with E-state index in [1.807, 2.05) is 0 Å². The van der Waals surface area contributed by atoms with Gasteiger partial charge in [-0.1, -0.05) is 0 Å². The Morgan fingerprint density at radius 2 is 1.93 bits per heavy atom. The molecule has 7 heteroatoms. The fourth-order valence-electron chi connectivity index (χ4n) is 0.771. The molecule has 1 N–H and O–H groups in total. The van der Waals surface area contributed by atoms with E-state index in [9.17, 15) is 0 Å². The second kappa shape index (κ2) is 5.17. The monoisotopic (exact) mass is 282 g/mol. The molecule has 1 aromatic carbocycles. The van der Waals surface area contributed by atoms with Gasteiger partial charge in [-0.05, 0) is 64.1 Å². The molecular weight excluding hydrogens is 274 g/mol. The zero-order valence-electron chi connectivity index (χ0n) is 7.84. The van der Waals surface area contributed by atoms with E-state index in [1.165, 1.54) is 4.78 Å². The Balaban J connectivity index is 2.74. The topological polar surface area (TPSA) is 35.8 Å². The lowest BCUT2D eigenvalue weighted by Crippen LogP contribution is -2.00. The largest absolute Gasteiger partial charge is 0.508 e. The fourth-order valence-corrected chi connectivity index (χ4v) is 1.30. The van der Waals surface area contributed by atoms with Crippen LogP contribution in [0.25, 0.3) is 0 Å². The number of halogens is 2. The van der Waals surface area contributed by atoms with Crippen LogP contribution < -0.4 is 0 Å². The maximum atomic E-state index is 9.06. The van der Waals surface area contributed by atoms with E-state index in [0.29, 0.717) is 0 Å². The Morgan fingerprint density at radius 1 is 1.40 bits per heavy atom. The number of hydrogen-bond donors (Lipinski definition) is 1. The molecule has 82 valence electrons. The van der Waals surface area contributed by atoms with Crippen LogP contribution in [0, 0.1) is 0 Å². The first kappa shape index (κ1) is 12.8. The number of phenols is 1. The van der Waals surface area contributed by atoms with Crippen LogP contribution in [-0.4, -0.2) is 23.1 Å². The first-order valence-electron chi connectivity index (χ1n) is 3.96. The smallest absolute Gasteiger partial charge is 0.222 e. The van der Waals surface area contributed by atoms with Gasteiger partial charge < -0.3 is 5.11 Å². The van der Waals surface area contributed by atoms with Gasteiger partial charge in [0.05, 0.1) is 6.21 Å². The Bertz CT molecular complexity index is 404. The molecule has 0 unspecified atom stereocenters. The SMILES string of the molecule is CN(/N=C/c1ccc(O)cc1)P(=S)(Cl)Cl. The average molecular weight is 283 g/mol. The van der Waals surface area contributed by atoms with Gasteiger partial charge in [-0.3, -0.25) is 0 Å². The lowest BCUT2D eigenvalue weighted by Gasteiger charge is -2.15. The summed E-state index contributed by atoms with van der Waals surface area (Å²) in [5, 5.41) is 13.1. The minimum absolute atomic E-state index is 0.209. The van der Waals surface area contributed by atoms with Crippen molar-refractivity contribution in [2.45, 2.75) is 0 Å². The summed E-state index contributed by atoms with van der Waals surface area (Å²) in [6, 6.07) is 6.58. The first-order chi connectivity index (χ1) is 6.89. The minimum Gasteiger partial charge on any atom is -0.508 e. The molecule has 0 aliphatic carbocycles. The van der Waals surface area contributed by atoms with Gasteiger partial charge in [0, 0.05) is 7.05 Å². The van der Waals surface area contributed by atoms with Crippen molar-refractivity contribution in [2.24, 2.45) is 5.10 Å². The zero-order valence-corrected chi connectivity index (χ0v) is 11.1. The lowest BCUT2D eigenvalue weighted by molar-refractivity contribution is 0.475. The van der Waals surface area contributed by atoms with Crippen LogP contribution in [0.3, 0.4) is 0 Å². The number of phenolic OH excluding ortho intramolecular Hbond substituents is 1. The van der Waals surface area contributed by atoms with E-state index in [-0.39, 0.29) is 5.75 Å². The summed E-state index contributed by atoms with van der Waals surface area (Å²) in [5.41, 5.74) is 0.830. The van der Waals surface area contributed by atoms with Gasteiger partial charge in [0.25, 0.3) is 0 Å². The summed E-state index contributed by atoms with van der Waals surface area (Å²) in [7, 11) is 1.62. The summed E-state index contributed by atoms with van der Waals surface area (Å²) in [6.07, 6.45) is 1.57. The second-order valence-electron chi connectivity index (χ2n) is 2.76. The van der Waals surface area contributed by atoms with Crippen LogP contribution in [0.15, 0.2) is 29.4 Å². The van der Waals surface area contributed by atoms with Gasteiger partial charge in [0.1, 0.15) is 5.75 Å². The maximum Gasteiger partial charge on any atom is 0.222 e. The number of nitrogens with zero attached hydrogens (tertiary/aromatic N) is 2. The summed E-state index contributed by atoms with van der Waals surface area (Å²) in [4.78, 5) is -2.54. The van der Waals surface area contributed by atoms with Crippen molar-refractivity contribution in [3.05, 3.63) is 29.8 Å². The Kier molecular flexibility index (Phi) is 4.41. The number of aromatic hydroxyl groups is 1. The molecule has 0 aliphatic rings. The highest BCUT2D eigenvalue weighted by molar-refractivity contribution is 8.37. The quantitative estimate of drug-likeness (QED) is 0.525. The van der Waals surface area contributed by atoms with Crippen LogP contribution in [0.1, 0.15) is 5.56 Å². The first-order valence-corrected chi connectivity index (χ1v) is 8.52. The lowest BCUT2D eigenvalue weighted by atomic mass is 10.2. The molecule has 0 heterocycles. The highest BCUT2D eigenvalue weighted by Crippen LogP contribution is 2.59. The predicted octanol–water partition coefficient (Wildman–Crippen LogP) is 3.36. The van der Waals surface area contributed by atoms with Gasteiger partial charge in [-0.15, -0.1) is 0 Å². The van der Waals surface area contributed by atoms with Crippen molar-refractivity contribution in [2.75, 3.05) is 7.05 Å². The molecule has 0 saturated heterocycles. The molecule has 0 aliphatic heterocycles. The van der Waals surface area contributed by atoms with E-state index in [4.69, 9.17) is 39.4 Å². The molecule has 0 amide bonds. The van der Waals surface area contributed by atoms with E-state index in [0.717, 1.165) is 5.56 Å². The molecule has 0 aromatic heterocycles. The van der Waals surface area contributed by atoms with Crippen molar-refractivity contribution < 1.29 is 5.11 Å². The summed E-state index contributed by atoms with van der Waals surface area (Å²) in [6.45, 7) is 0. The van der Waals surface area contributed by atoms with Gasteiger partial charge >= 0.3 is 0 Å². The highest BCUT2D eigenvalue weighted by atomic mass is 35.9. The second-order valence-corrected chi connectivity index (χ2v) is 10.5. The van der Waals surface area contributed by atoms with Crippen LogP contribution in [0.2, 0.25) is 0 Å². The predicted molar refractivity (Wildman–Crippen MR) is 69.5 cm³/mol. The van der Waals surface area contributed by atoms with Gasteiger partial charge in [0.2, 0.25) is 4.89 Å². The third-order valence-electron chi connectivity index (χ3n) is 1.60. The van der Waals surface area contributed by atoms with E-state index < -0.39 is 4.89 Å². The summed E-state index contributed by atoms with van der Waals surface area (Å²) in [5.74, 6) is 0.209. The van der Waals surface area contributed by atoms with Crippen molar-refractivity contribution in [1.82, 2.24) is 4.78 Å². The van der Waals surface area contributed by atoms with Crippen molar-refractivity contribution in [1.29, 1.82) is 0 Å². The van der Waals surface area contributed by atoms with E-state index in [1.54, 1.807) is 37.5 Å². The molecule has 1 rings (SSSR count). The molecule has 15 heavy (non-hydrogen) atoms. The van der Waals surface area contributed by atoms with Crippen LogP contribution >= 0.6 is 27.4 Å². The average Bonchev–Trinajstić information content (AvgIpc) is 2.15. The summed E-state index contributed by atoms with van der Waals surface area (Å²) >= 11 is 16.3. The standard InChI is InChI=1S/C8H9Cl2N2OPS/c1-12(14(9,10)15)11-6-7-2-4-8(13)5-3-7/h2-6,13H,1H3/b11-6+. The Hall–Kier alpha value is -0.280. The maximum absolute atomic E-state index is 9.06. The number of hydrazone groups is 1. The molecule has 0 atom stereocenters. The van der Waals surface area contributed by atoms with Crippen LogP contribution in [0.5, 0.6) is 5.75 Å². The Morgan fingerprint density at radius 3 is 2.40 bits per heavy atom. The molecule has 0 radical (unpaired) electrons. The van der Waals surface area contributed by atoms with Crippen molar-refractivity contribution in [3.63, 3.8) is 0 Å². The van der Waals surface area contributed by atoms with Gasteiger partial charge in [0.15, 0.2) is 0 Å². The van der Waals surface area contributed by atoms with Crippen molar-refractivity contribution >= 4 is 45.4 Å². The fraction of sp³-hybridized carbons (Fsp3) is 0.125. The molecule has 0 bridgehead atoms. The normalized spacial score (nSPS) is 11.9. The number of hydrogen-bond acceptors (Lipinski definition) is 3. The van der Waals surface area contributed by atoms with Crippen molar-refractivity contribution in [3.8, 4) is 5.75 Å². The molecule has 0 saturated carbocycles. The van der Waals surface area contributed by atoms with Gasteiger partial charge in [-0.25, -0.2) is 4.78 Å². The highest BCUT2D eigenvalue weighted by Gasteiger charge is 2.12. The van der Waals surface area contributed by atoms with E-state index in [2.05, 4.69) is 5.10 Å². The van der Waals surface area contributed by atoms with Gasteiger partial charge in [-0.2, -0.15) is 5.10 Å². The van der Waals surface area contributed by atoms with Crippen LogP contribution in [-0.2, 0) is 11.8 Å². The third-order valence-corrected chi connectivity index (χ3v) is 4.40. The number of benzene rings is 1. The van der Waals surface area contributed by atoms with Crippen LogP contribution in [0.4, 0.5) is 0 Å². The minimum atomic E-state index is -2.54. The Labute approximate surface area is 103 Å². The molecule has 3 nitrogen and oxygen atoms in total. The number of rotatable bonds is 3. The molecule has 1 aromatic rings. The molecule has 0 spiro atoms. The molecular formula is C8H9Cl2N2OPS. The zero-order chi connectivity index (χ0) is 11.5. The molecule has 0 fully saturated rings. The van der Waals surface area contributed by atoms with E-state index >= 15 is 0 Å². The summed E-state index contributed by atoms with van der Waals surface area (Å²) < 4.78 is 1.36. The third kappa shape index (κ3) is 4.39.